The summed E-state index contributed by atoms with van der Waals surface area (Å²) in [5.74, 6) is 1.98. The molecule has 0 unspecified atom stereocenters. The fourth-order valence-electron chi connectivity index (χ4n) is 3.73. The fraction of sp³-hybridized carbons (Fsp3) is 0.333. The molecule has 2 amide bonds. The number of methoxy groups -OCH3 is 2. The van der Waals surface area contributed by atoms with Gasteiger partial charge in [-0.3, -0.25) is 9.59 Å². The Kier molecular flexibility index (Phi) is 6.87. The number of hydrogen-bond acceptors (Lipinski definition) is 7. The van der Waals surface area contributed by atoms with Crippen molar-refractivity contribution in [2.24, 2.45) is 0 Å². The molecule has 0 saturated carbocycles. The lowest BCUT2D eigenvalue weighted by Gasteiger charge is -2.16. The first kappa shape index (κ1) is 22.3. The number of carbonyl (C=O) groups excluding carboxylic acids is 2. The van der Waals surface area contributed by atoms with E-state index in [0.717, 1.165) is 24.1 Å². The summed E-state index contributed by atoms with van der Waals surface area (Å²) in [6, 6.07) is 12.9. The zero-order valence-electron chi connectivity index (χ0n) is 18.7. The van der Waals surface area contributed by atoms with Gasteiger partial charge >= 0.3 is 0 Å². The molecule has 1 aromatic heterocycles. The van der Waals surface area contributed by atoms with Crippen molar-refractivity contribution >= 4 is 17.5 Å². The minimum absolute atomic E-state index is 0.157. The second-order valence-corrected chi connectivity index (χ2v) is 7.75. The highest BCUT2D eigenvalue weighted by Crippen LogP contribution is 2.31. The Morgan fingerprint density at radius 3 is 2.76 bits per heavy atom. The normalized spacial score (nSPS) is 13.3. The molecule has 0 radical (unpaired) electrons. The van der Waals surface area contributed by atoms with E-state index in [0.29, 0.717) is 48.3 Å². The molecule has 2 aromatic carbocycles. The summed E-state index contributed by atoms with van der Waals surface area (Å²) in [5, 5.41) is 6.89. The zero-order valence-corrected chi connectivity index (χ0v) is 18.7. The molecule has 3 aromatic rings. The number of ether oxygens (including phenoxy) is 2. The van der Waals surface area contributed by atoms with E-state index < -0.39 is 0 Å². The first-order valence-corrected chi connectivity index (χ1v) is 10.8. The van der Waals surface area contributed by atoms with Crippen molar-refractivity contribution in [1.82, 2.24) is 15.0 Å². The average Bonchev–Trinajstić information content (AvgIpc) is 3.46. The Morgan fingerprint density at radius 1 is 1.15 bits per heavy atom. The highest BCUT2D eigenvalue weighted by Gasteiger charge is 2.20. The first-order chi connectivity index (χ1) is 16.1. The molecule has 1 fully saturated rings. The van der Waals surface area contributed by atoms with Gasteiger partial charge in [0.1, 0.15) is 0 Å². The third kappa shape index (κ3) is 5.49. The first-order valence-electron chi connectivity index (χ1n) is 10.8. The smallest absolute Gasteiger partial charge is 0.227 e. The van der Waals surface area contributed by atoms with E-state index in [9.17, 15) is 9.59 Å². The summed E-state index contributed by atoms with van der Waals surface area (Å²) < 4.78 is 15.9. The number of nitrogens with one attached hydrogen (secondary N) is 1. The second-order valence-electron chi connectivity index (χ2n) is 7.75. The van der Waals surface area contributed by atoms with Crippen molar-refractivity contribution in [1.29, 1.82) is 0 Å². The van der Waals surface area contributed by atoms with Gasteiger partial charge in [-0.05, 0) is 42.3 Å². The molecule has 2 heterocycles. The molecule has 1 saturated heterocycles. The number of benzene rings is 2. The van der Waals surface area contributed by atoms with Crippen LogP contribution in [0.15, 0.2) is 47.0 Å². The minimum Gasteiger partial charge on any atom is -0.493 e. The van der Waals surface area contributed by atoms with Gasteiger partial charge in [0.2, 0.25) is 23.5 Å². The number of nitrogens with zero attached hydrogens (tertiary/aromatic N) is 3. The van der Waals surface area contributed by atoms with Crippen molar-refractivity contribution in [2.75, 3.05) is 26.1 Å². The summed E-state index contributed by atoms with van der Waals surface area (Å²) >= 11 is 0. The lowest BCUT2D eigenvalue weighted by atomic mass is 10.2. The van der Waals surface area contributed by atoms with Crippen molar-refractivity contribution in [3.63, 3.8) is 0 Å². The number of aromatic nitrogens is 2. The lowest BCUT2D eigenvalue weighted by molar-refractivity contribution is -0.128. The molecule has 9 nitrogen and oxygen atoms in total. The van der Waals surface area contributed by atoms with Crippen LogP contribution in [0.25, 0.3) is 11.4 Å². The Morgan fingerprint density at radius 2 is 2.00 bits per heavy atom. The van der Waals surface area contributed by atoms with Gasteiger partial charge in [-0.25, -0.2) is 0 Å². The van der Waals surface area contributed by atoms with Crippen LogP contribution >= 0.6 is 0 Å². The predicted molar refractivity (Wildman–Crippen MR) is 121 cm³/mol. The Bertz CT molecular complexity index is 1140. The van der Waals surface area contributed by atoms with E-state index in [1.807, 2.05) is 35.2 Å². The van der Waals surface area contributed by atoms with Gasteiger partial charge in [0.05, 0.1) is 14.2 Å². The van der Waals surface area contributed by atoms with Crippen LogP contribution in [0.5, 0.6) is 11.5 Å². The van der Waals surface area contributed by atoms with E-state index in [4.69, 9.17) is 14.0 Å². The van der Waals surface area contributed by atoms with Gasteiger partial charge in [-0.2, -0.15) is 4.98 Å². The molecule has 1 aliphatic rings. The summed E-state index contributed by atoms with van der Waals surface area (Å²) in [5.41, 5.74) is 2.40. The number of hydrogen-bond donors (Lipinski definition) is 1. The maximum Gasteiger partial charge on any atom is 0.227 e. The van der Waals surface area contributed by atoms with Crippen LogP contribution in [0.1, 0.15) is 30.7 Å². The summed E-state index contributed by atoms with van der Waals surface area (Å²) in [4.78, 5) is 30.5. The highest BCUT2D eigenvalue weighted by molar-refractivity contribution is 5.90. The fourth-order valence-corrected chi connectivity index (χ4v) is 3.73. The SMILES string of the molecule is COc1ccc(-c2noc(CCC(=O)Nc3cccc(CN4CCCC4=O)c3)n2)cc1OC. The molecule has 33 heavy (non-hydrogen) atoms. The van der Waals surface area contributed by atoms with Crippen molar-refractivity contribution in [2.45, 2.75) is 32.2 Å². The third-order valence-electron chi connectivity index (χ3n) is 5.43. The van der Waals surface area contributed by atoms with E-state index in [2.05, 4.69) is 15.5 Å². The Balaban J connectivity index is 1.32. The second kappa shape index (κ2) is 10.2. The average molecular weight is 450 g/mol. The number of likely N-dealkylation sites (tertiary alicyclic amines) is 1. The van der Waals surface area contributed by atoms with Gasteiger partial charge in [0.25, 0.3) is 0 Å². The molecule has 0 spiro atoms. The molecule has 172 valence electrons. The van der Waals surface area contributed by atoms with E-state index >= 15 is 0 Å². The summed E-state index contributed by atoms with van der Waals surface area (Å²) in [7, 11) is 3.13. The molecule has 0 bridgehead atoms. The predicted octanol–water partition coefficient (Wildman–Crippen LogP) is 3.45. The van der Waals surface area contributed by atoms with Crippen LogP contribution in [0.3, 0.4) is 0 Å². The largest absolute Gasteiger partial charge is 0.493 e. The molecule has 0 aliphatic carbocycles. The number of carbonyl (C=O) groups is 2. The van der Waals surface area contributed by atoms with Gasteiger partial charge in [0, 0.05) is 43.6 Å². The molecule has 1 aliphatic heterocycles. The monoisotopic (exact) mass is 450 g/mol. The topological polar surface area (TPSA) is 107 Å². The molecule has 9 heteroatoms. The molecular formula is C24H26N4O5. The van der Waals surface area contributed by atoms with E-state index in [-0.39, 0.29) is 18.2 Å². The summed E-state index contributed by atoms with van der Waals surface area (Å²) in [6.45, 7) is 1.34. The molecule has 4 rings (SSSR count). The number of aryl methyl sites for hydroxylation is 1. The van der Waals surface area contributed by atoms with E-state index in [1.54, 1.807) is 26.4 Å². The lowest BCUT2D eigenvalue weighted by Crippen LogP contribution is -2.23. The number of amides is 2. The third-order valence-corrected chi connectivity index (χ3v) is 5.43. The van der Waals surface area contributed by atoms with Crippen LogP contribution in [0.4, 0.5) is 5.69 Å². The van der Waals surface area contributed by atoms with Crippen LogP contribution in [0.2, 0.25) is 0 Å². The van der Waals surface area contributed by atoms with Crippen molar-refractivity contribution < 1.29 is 23.6 Å². The zero-order chi connectivity index (χ0) is 23.2. The number of anilines is 1. The van der Waals surface area contributed by atoms with Crippen LogP contribution in [0, 0.1) is 0 Å². The van der Waals surface area contributed by atoms with Crippen molar-refractivity contribution in [3.05, 3.63) is 53.9 Å². The number of rotatable bonds is 9. The Labute approximate surface area is 191 Å². The van der Waals surface area contributed by atoms with Gasteiger partial charge < -0.3 is 24.2 Å². The summed E-state index contributed by atoms with van der Waals surface area (Å²) in [6.07, 6.45) is 2.02. The van der Waals surface area contributed by atoms with Crippen LogP contribution < -0.4 is 14.8 Å². The Hall–Kier alpha value is -3.88. The van der Waals surface area contributed by atoms with Gasteiger partial charge in [0.15, 0.2) is 11.5 Å². The van der Waals surface area contributed by atoms with E-state index in [1.165, 1.54) is 0 Å². The van der Waals surface area contributed by atoms with Crippen LogP contribution in [-0.2, 0) is 22.6 Å². The van der Waals surface area contributed by atoms with Gasteiger partial charge in [-0.15, -0.1) is 0 Å². The molecular weight excluding hydrogens is 424 g/mol. The standard InChI is InChI=1S/C24H26N4O5/c1-31-19-9-8-17(14-20(19)32-2)24-26-22(33-27-24)11-10-21(29)25-18-6-3-5-16(13-18)15-28-12-4-7-23(28)30/h3,5-6,8-9,13-14H,4,7,10-12,15H2,1-2H3,(H,25,29). The minimum atomic E-state index is -0.157. The van der Waals surface area contributed by atoms with Gasteiger partial charge in [-0.1, -0.05) is 17.3 Å². The molecule has 1 N–H and O–H groups in total. The van der Waals surface area contributed by atoms with Crippen LogP contribution in [-0.4, -0.2) is 47.6 Å². The highest BCUT2D eigenvalue weighted by atomic mass is 16.5. The quantitative estimate of drug-likeness (QED) is 0.532. The maximum atomic E-state index is 12.4. The molecule has 0 atom stereocenters. The maximum absolute atomic E-state index is 12.4. The van der Waals surface area contributed by atoms with Crippen molar-refractivity contribution in [3.8, 4) is 22.9 Å².